The fourth-order valence-corrected chi connectivity index (χ4v) is 2.40. The average molecular weight is 226 g/mol. The van der Waals surface area contributed by atoms with Crippen LogP contribution in [0.15, 0.2) is 30.3 Å². The molecule has 0 saturated heterocycles. The third kappa shape index (κ3) is 1.97. The minimum atomic E-state index is 0.139. The molecule has 0 radical (unpaired) electrons. The summed E-state index contributed by atoms with van der Waals surface area (Å²) in [6.07, 6.45) is 0. The van der Waals surface area contributed by atoms with Crippen molar-refractivity contribution in [3.63, 3.8) is 0 Å². The summed E-state index contributed by atoms with van der Waals surface area (Å²) in [5.74, 6) is 0.611. The molecule has 0 unspecified atom stereocenters. The molecule has 0 aliphatic carbocycles. The maximum atomic E-state index is 11.7. The molecule has 2 rings (SSSR count). The van der Waals surface area contributed by atoms with E-state index < -0.39 is 0 Å². The first kappa shape index (κ1) is 11.8. The van der Waals surface area contributed by atoms with Gasteiger partial charge in [0.15, 0.2) is 5.78 Å². The van der Waals surface area contributed by atoms with Crippen LogP contribution < -0.4 is 0 Å². The van der Waals surface area contributed by atoms with Crippen LogP contribution in [0.5, 0.6) is 0 Å². The maximum Gasteiger partial charge on any atom is 0.160 e. The lowest BCUT2D eigenvalue weighted by molar-refractivity contribution is 0.101. The second-order valence-corrected chi connectivity index (χ2v) is 4.91. The van der Waals surface area contributed by atoms with Crippen LogP contribution in [0, 0.1) is 6.92 Å². The van der Waals surface area contributed by atoms with Gasteiger partial charge in [-0.3, -0.25) is 4.79 Å². The van der Waals surface area contributed by atoms with Crippen molar-refractivity contribution in [3.8, 4) is 0 Å². The van der Waals surface area contributed by atoms with Crippen molar-refractivity contribution in [3.05, 3.63) is 47.0 Å². The van der Waals surface area contributed by atoms with Gasteiger partial charge < -0.3 is 0 Å². The van der Waals surface area contributed by atoms with E-state index in [4.69, 9.17) is 0 Å². The summed E-state index contributed by atoms with van der Waals surface area (Å²) >= 11 is 0. The number of carbonyl (C=O) groups excluding carboxylic acids is 1. The quantitative estimate of drug-likeness (QED) is 0.690. The molecule has 0 aromatic heterocycles. The lowest BCUT2D eigenvalue weighted by atomic mass is 9.90. The van der Waals surface area contributed by atoms with Gasteiger partial charge in [-0.15, -0.1) is 0 Å². The molecule has 88 valence electrons. The van der Waals surface area contributed by atoms with Gasteiger partial charge in [-0.25, -0.2) is 0 Å². The van der Waals surface area contributed by atoms with E-state index in [1.54, 1.807) is 6.92 Å². The summed E-state index contributed by atoms with van der Waals surface area (Å²) in [5, 5.41) is 2.33. The average Bonchev–Trinajstić information content (AvgIpc) is 2.28. The predicted molar refractivity (Wildman–Crippen MR) is 72.8 cm³/mol. The summed E-state index contributed by atoms with van der Waals surface area (Å²) < 4.78 is 0. The Labute approximate surface area is 102 Å². The van der Waals surface area contributed by atoms with Gasteiger partial charge in [0.05, 0.1) is 0 Å². The molecule has 17 heavy (non-hydrogen) atoms. The monoisotopic (exact) mass is 226 g/mol. The molecule has 0 aliphatic rings. The molecule has 0 N–H and O–H groups in total. The van der Waals surface area contributed by atoms with E-state index in [9.17, 15) is 4.79 Å². The van der Waals surface area contributed by atoms with Crippen LogP contribution in [0.25, 0.3) is 10.8 Å². The third-order valence-corrected chi connectivity index (χ3v) is 3.28. The summed E-state index contributed by atoms with van der Waals surface area (Å²) in [6.45, 7) is 8.07. The van der Waals surface area contributed by atoms with Crippen molar-refractivity contribution < 1.29 is 4.79 Å². The number of fused-ring (bicyclic) bond motifs is 1. The van der Waals surface area contributed by atoms with Crippen LogP contribution in [-0.4, -0.2) is 5.78 Å². The van der Waals surface area contributed by atoms with Crippen molar-refractivity contribution in [2.45, 2.75) is 33.6 Å². The predicted octanol–water partition coefficient (Wildman–Crippen LogP) is 4.47. The first-order chi connectivity index (χ1) is 8.02. The Kier molecular flexibility index (Phi) is 3.01. The van der Waals surface area contributed by atoms with Gasteiger partial charge in [-0.05, 0) is 41.7 Å². The maximum absolute atomic E-state index is 11.7. The molecular weight excluding hydrogens is 208 g/mol. The topological polar surface area (TPSA) is 17.1 Å². The van der Waals surface area contributed by atoms with Crippen molar-refractivity contribution >= 4 is 16.6 Å². The Hall–Kier alpha value is -1.63. The van der Waals surface area contributed by atoms with Gasteiger partial charge in [-0.1, -0.05) is 44.2 Å². The van der Waals surface area contributed by atoms with Crippen LogP contribution in [0.4, 0.5) is 0 Å². The SMILES string of the molecule is CC(=O)c1cccc2c(C(C)C)ccc(C)c12. The standard InChI is InChI=1S/C16H18O/c1-10(2)13-9-8-11(3)16-14(12(4)17)6-5-7-15(13)16/h5-10H,1-4H3. The number of hydrogen-bond donors (Lipinski definition) is 0. The largest absolute Gasteiger partial charge is 0.294 e. The molecule has 0 saturated carbocycles. The third-order valence-electron chi connectivity index (χ3n) is 3.28. The Balaban J connectivity index is 2.90. The highest BCUT2D eigenvalue weighted by molar-refractivity contribution is 6.09. The molecule has 0 heterocycles. The van der Waals surface area contributed by atoms with E-state index in [0.29, 0.717) is 5.92 Å². The van der Waals surface area contributed by atoms with Crippen LogP contribution in [0.3, 0.4) is 0 Å². The zero-order valence-electron chi connectivity index (χ0n) is 10.9. The lowest BCUT2D eigenvalue weighted by Gasteiger charge is -2.14. The molecular formula is C16H18O. The number of Topliss-reactive ketones (excluding diaryl/α,β-unsaturated/α-hetero) is 1. The van der Waals surface area contributed by atoms with Crippen molar-refractivity contribution in [1.29, 1.82) is 0 Å². The number of carbonyl (C=O) groups is 1. The molecule has 1 nitrogen and oxygen atoms in total. The Morgan fingerprint density at radius 2 is 1.82 bits per heavy atom. The van der Waals surface area contributed by atoms with Crippen LogP contribution in [-0.2, 0) is 0 Å². The zero-order valence-corrected chi connectivity index (χ0v) is 10.9. The summed E-state index contributed by atoms with van der Waals surface area (Å²) in [7, 11) is 0. The molecule has 0 atom stereocenters. The molecule has 0 spiro atoms. The van der Waals surface area contributed by atoms with Crippen LogP contribution in [0.1, 0.15) is 48.2 Å². The summed E-state index contributed by atoms with van der Waals surface area (Å²) in [5.41, 5.74) is 3.33. The molecule has 2 aromatic carbocycles. The summed E-state index contributed by atoms with van der Waals surface area (Å²) in [4.78, 5) is 11.7. The minimum Gasteiger partial charge on any atom is -0.294 e. The van der Waals surface area contributed by atoms with E-state index in [1.165, 1.54) is 16.5 Å². The Morgan fingerprint density at radius 1 is 1.12 bits per heavy atom. The number of aryl methyl sites for hydroxylation is 1. The van der Waals surface area contributed by atoms with E-state index >= 15 is 0 Å². The number of ketones is 1. The molecule has 0 aliphatic heterocycles. The second-order valence-electron chi connectivity index (χ2n) is 4.91. The van der Waals surface area contributed by atoms with Gasteiger partial charge in [0.1, 0.15) is 0 Å². The van der Waals surface area contributed by atoms with Gasteiger partial charge >= 0.3 is 0 Å². The first-order valence-electron chi connectivity index (χ1n) is 6.05. The normalized spacial score (nSPS) is 11.1. The van der Waals surface area contributed by atoms with Crippen LogP contribution >= 0.6 is 0 Å². The number of benzene rings is 2. The van der Waals surface area contributed by atoms with Crippen molar-refractivity contribution in [2.24, 2.45) is 0 Å². The Bertz CT molecular complexity index is 579. The molecule has 0 bridgehead atoms. The molecule has 1 heteroatoms. The highest BCUT2D eigenvalue weighted by Gasteiger charge is 2.12. The smallest absolute Gasteiger partial charge is 0.160 e. The van der Waals surface area contributed by atoms with Crippen molar-refractivity contribution in [1.82, 2.24) is 0 Å². The van der Waals surface area contributed by atoms with Gasteiger partial charge in [0, 0.05) is 5.56 Å². The van der Waals surface area contributed by atoms with Gasteiger partial charge in [-0.2, -0.15) is 0 Å². The summed E-state index contributed by atoms with van der Waals surface area (Å²) in [6, 6.07) is 10.3. The van der Waals surface area contributed by atoms with E-state index in [1.807, 2.05) is 12.1 Å². The van der Waals surface area contributed by atoms with Gasteiger partial charge in [0.2, 0.25) is 0 Å². The fourth-order valence-electron chi connectivity index (χ4n) is 2.40. The fraction of sp³-hybridized carbons (Fsp3) is 0.312. The molecule has 0 amide bonds. The second kappa shape index (κ2) is 4.33. The highest BCUT2D eigenvalue weighted by Crippen LogP contribution is 2.30. The highest BCUT2D eigenvalue weighted by atomic mass is 16.1. The Morgan fingerprint density at radius 3 is 2.41 bits per heavy atom. The van der Waals surface area contributed by atoms with E-state index in [2.05, 4.69) is 39.0 Å². The van der Waals surface area contributed by atoms with E-state index in [-0.39, 0.29) is 5.78 Å². The van der Waals surface area contributed by atoms with Crippen molar-refractivity contribution in [2.75, 3.05) is 0 Å². The van der Waals surface area contributed by atoms with Gasteiger partial charge in [0.25, 0.3) is 0 Å². The number of rotatable bonds is 2. The minimum absolute atomic E-state index is 0.139. The first-order valence-corrected chi connectivity index (χ1v) is 6.05. The lowest BCUT2D eigenvalue weighted by Crippen LogP contribution is -1.98. The molecule has 2 aromatic rings. The molecule has 0 fully saturated rings. The zero-order chi connectivity index (χ0) is 12.6. The van der Waals surface area contributed by atoms with E-state index in [0.717, 1.165) is 10.9 Å². The van der Waals surface area contributed by atoms with Crippen LogP contribution in [0.2, 0.25) is 0 Å². The number of hydrogen-bond acceptors (Lipinski definition) is 1.